The van der Waals surface area contributed by atoms with Crippen LogP contribution in [0.5, 0.6) is 0 Å². The summed E-state index contributed by atoms with van der Waals surface area (Å²) >= 11 is 0. The highest BCUT2D eigenvalue weighted by Crippen LogP contribution is 2.62. The van der Waals surface area contributed by atoms with Crippen molar-refractivity contribution in [1.29, 1.82) is 0 Å². The summed E-state index contributed by atoms with van der Waals surface area (Å²) in [5.74, 6) is 0.0432. The molecular weight excluding hydrogens is 496 g/mol. The van der Waals surface area contributed by atoms with Gasteiger partial charge in [-0.3, -0.25) is 19.6 Å². The number of urea groups is 1. The average molecular weight is 537 g/mol. The SMILES string of the molecule is CC(Cc1ccc(-n2ccc(NC(=O)N3CCN(C(=O)C(C)(C)N)CC3)nc2=O)cc1)N(C)C12CC(N)(C1)C2. The topological polar surface area (TPSA) is 143 Å². The molecule has 3 saturated carbocycles. The quantitative estimate of drug-likeness (QED) is 0.482. The molecule has 2 heterocycles. The first-order valence-electron chi connectivity index (χ1n) is 13.6. The fourth-order valence-corrected chi connectivity index (χ4v) is 6.30. The lowest BCUT2D eigenvalue weighted by molar-refractivity contribution is -0.164. The molecule has 1 saturated heterocycles. The Hall–Kier alpha value is -3.28. The van der Waals surface area contributed by atoms with Crippen LogP contribution < -0.4 is 22.5 Å². The molecule has 39 heavy (non-hydrogen) atoms. The van der Waals surface area contributed by atoms with E-state index in [0.717, 1.165) is 25.7 Å². The van der Waals surface area contributed by atoms with E-state index < -0.39 is 11.2 Å². The minimum Gasteiger partial charge on any atom is -0.338 e. The van der Waals surface area contributed by atoms with Gasteiger partial charge in [0.2, 0.25) is 5.91 Å². The molecule has 5 N–H and O–H groups in total. The Bertz CT molecular complexity index is 1290. The molecule has 1 aromatic heterocycles. The molecule has 3 amide bonds. The van der Waals surface area contributed by atoms with Crippen molar-refractivity contribution in [3.8, 4) is 5.69 Å². The minimum atomic E-state index is -0.946. The van der Waals surface area contributed by atoms with Crippen LogP contribution in [0.15, 0.2) is 41.3 Å². The van der Waals surface area contributed by atoms with Crippen LogP contribution in [0.25, 0.3) is 5.69 Å². The van der Waals surface area contributed by atoms with Gasteiger partial charge in [0.25, 0.3) is 0 Å². The number of carbonyl (C=O) groups excluding carboxylic acids is 2. The van der Waals surface area contributed by atoms with Crippen molar-refractivity contribution in [2.75, 3.05) is 38.5 Å². The molecule has 1 unspecified atom stereocenters. The zero-order valence-electron chi connectivity index (χ0n) is 23.3. The largest absolute Gasteiger partial charge is 0.354 e. The first-order chi connectivity index (χ1) is 18.3. The lowest BCUT2D eigenvalue weighted by Gasteiger charge is -2.73. The summed E-state index contributed by atoms with van der Waals surface area (Å²) in [6, 6.07) is 9.57. The minimum absolute atomic E-state index is 0.0918. The van der Waals surface area contributed by atoms with Crippen LogP contribution in [0.3, 0.4) is 0 Å². The Morgan fingerprint density at radius 2 is 1.67 bits per heavy atom. The van der Waals surface area contributed by atoms with Gasteiger partial charge >= 0.3 is 11.7 Å². The summed E-state index contributed by atoms with van der Waals surface area (Å²) < 4.78 is 1.45. The van der Waals surface area contributed by atoms with E-state index in [4.69, 9.17) is 11.5 Å². The fraction of sp³-hybridized carbons (Fsp3) is 0.571. The average Bonchev–Trinajstić information content (AvgIpc) is 2.85. The van der Waals surface area contributed by atoms with E-state index >= 15 is 0 Å². The van der Waals surface area contributed by atoms with E-state index in [-0.39, 0.29) is 23.3 Å². The van der Waals surface area contributed by atoms with Crippen LogP contribution in [0.1, 0.15) is 45.6 Å². The third kappa shape index (κ3) is 5.30. The Balaban J connectivity index is 1.15. The molecule has 2 bridgehead atoms. The van der Waals surface area contributed by atoms with E-state index in [1.54, 1.807) is 35.9 Å². The van der Waals surface area contributed by atoms with Crippen molar-refractivity contribution in [3.05, 3.63) is 52.6 Å². The van der Waals surface area contributed by atoms with Gasteiger partial charge in [0, 0.05) is 49.5 Å². The number of amides is 3. The molecule has 1 aromatic carbocycles. The van der Waals surface area contributed by atoms with E-state index in [0.29, 0.717) is 43.4 Å². The number of benzene rings is 1. The Morgan fingerprint density at radius 1 is 1.08 bits per heavy atom. The summed E-state index contributed by atoms with van der Waals surface area (Å²) in [5.41, 5.74) is 13.0. The van der Waals surface area contributed by atoms with Crippen LogP contribution in [0, 0.1) is 0 Å². The second kappa shape index (κ2) is 9.72. The van der Waals surface area contributed by atoms with Crippen LogP contribution in [-0.2, 0) is 11.2 Å². The molecule has 1 aliphatic heterocycles. The van der Waals surface area contributed by atoms with Crippen molar-refractivity contribution < 1.29 is 9.59 Å². The predicted octanol–water partition coefficient (Wildman–Crippen LogP) is 1.14. The van der Waals surface area contributed by atoms with Gasteiger partial charge in [0.15, 0.2) is 0 Å². The Labute approximate surface area is 229 Å². The molecule has 6 rings (SSSR count). The molecule has 4 aliphatic rings. The van der Waals surface area contributed by atoms with Crippen molar-refractivity contribution in [2.45, 2.75) is 69.1 Å². The van der Waals surface area contributed by atoms with Crippen LogP contribution in [0.2, 0.25) is 0 Å². The van der Waals surface area contributed by atoms with Gasteiger partial charge in [-0.05, 0) is 77.3 Å². The second-order valence-electron chi connectivity index (χ2n) is 12.3. The summed E-state index contributed by atoms with van der Waals surface area (Å²) in [6.07, 6.45) is 5.81. The number of hydrogen-bond donors (Lipinski definition) is 3. The number of anilines is 1. The molecule has 11 nitrogen and oxygen atoms in total. The highest BCUT2D eigenvalue weighted by molar-refractivity contribution is 5.89. The van der Waals surface area contributed by atoms with E-state index in [2.05, 4.69) is 29.2 Å². The van der Waals surface area contributed by atoms with Crippen molar-refractivity contribution in [1.82, 2.24) is 24.3 Å². The first-order valence-corrected chi connectivity index (χ1v) is 13.6. The number of nitrogens with two attached hydrogens (primary N) is 2. The van der Waals surface area contributed by atoms with Crippen molar-refractivity contribution in [2.24, 2.45) is 11.5 Å². The van der Waals surface area contributed by atoms with E-state index in [9.17, 15) is 14.4 Å². The van der Waals surface area contributed by atoms with Gasteiger partial charge in [-0.2, -0.15) is 4.98 Å². The number of aromatic nitrogens is 2. The van der Waals surface area contributed by atoms with Gasteiger partial charge in [0.05, 0.1) is 11.2 Å². The maximum absolute atomic E-state index is 12.8. The van der Waals surface area contributed by atoms with Crippen LogP contribution in [-0.4, -0.2) is 92.1 Å². The molecule has 4 fully saturated rings. The summed E-state index contributed by atoms with van der Waals surface area (Å²) in [6.45, 7) is 7.15. The number of hydrogen-bond acceptors (Lipinski definition) is 7. The van der Waals surface area contributed by atoms with Crippen molar-refractivity contribution >= 4 is 17.8 Å². The molecule has 210 valence electrons. The van der Waals surface area contributed by atoms with Gasteiger partial charge < -0.3 is 21.3 Å². The number of likely N-dealkylation sites (N-methyl/N-ethyl adjacent to an activating group) is 1. The van der Waals surface area contributed by atoms with Gasteiger partial charge in [-0.1, -0.05) is 12.1 Å². The monoisotopic (exact) mass is 536 g/mol. The molecule has 0 radical (unpaired) electrons. The zero-order valence-corrected chi connectivity index (χ0v) is 23.3. The molecular formula is C28H40N8O3. The lowest BCUT2D eigenvalue weighted by Crippen LogP contribution is -2.82. The lowest BCUT2D eigenvalue weighted by atomic mass is 9.44. The summed E-state index contributed by atoms with van der Waals surface area (Å²) in [4.78, 5) is 47.6. The van der Waals surface area contributed by atoms with E-state index in [1.165, 1.54) is 10.1 Å². The van der Waals surface area contributed by atoms with Gasteiger partial charge in [-0.15, -0.1) is 0 Å². The Morgan fingerprint density at radius 3 is 2.21 bits per heavy atom. The number of rotatable bonds is 7. The third-order valence-electron chi connectivity index (χ3n) is 8.64. The van der Waals surface area contributed by atoms with Gasteiger partial charge in [0.1, 0.15) is 5.82 Å². The highest BCUT2D eigenvalue weighted by Gasteiger charge is 2.68. The molecule has 0 spiro atoms. The number of nitrogens with one attached hydrogen (secondary N) is 1. The predicted molar refractivity (Wildman–Crippen MR) is 150 cm³/mol. The molecule has 1 atom stereocenters. The molecule has 2 aromatic rings. The third-order valence-corrected chi connectivity index (χ3v) is 8.64. The fourth-order valence-electron chi connectivity index (χ4n) is 6.30. The molecule has 11 heteroatoms. The normalized spacial score (nSPS) is 25.1. The van der Waals surface area contributed by atoms with Crippen LogP contribution in [0.4, 0.5) is 10.6 Å². The number of nitrogens with zero attached hydrogens (tertiary/aromatic N) is 5. The maximum atomic E-state index is 12.8. The smallest absolute Gasteiger partial charge is 0.338 e. The zero-order chi connectivity index (χ0) is 28.2. The Kier molecular flexibility index (Phi) is 6.80. The number of carbonyl (C=O) groups is 2. The first kappa shape index (κ1) is 27.3. The summed E-state index contributed by atoms with van der Waals surface area (Å²) in [5, 5.41) is 2.70. The molecule has 3 aliphatic carbocycles. The van der Waals surface area contributed by atoms with Crippen molar-refractivity contribution in [3.63, 3.8) is 0 Å². The second-order valence-corrected chi connectivity index (χ2v) is 12.3. The van der Waals surface area contributed by atoms with Crippen LogP contribution >= 0.6 is 0 Å². The summed E-state index contributed by atoms with van der Waals surface area (Å²) in [7, 11) is 2.20. The van der Waals surface area contributed by atoms with Gasteiger partial charge in [-0.25, -0.2) is 9.59 Å². The standard InChI is InChI=1S/C28H40N8O3/c1-19(33(4)28-16-27(30,17-28)18-28)15-20-5-7-21(8-6-20)36-10-9-22(32-25(36)39)31-24(38)35-13-11-34(12-14-35)23(37)26(2,3)29/h5-10,19H,11-18,29-30H2,1-4H3,(H,31,32,38,39). The van der Waals surface area contributed by atoms with E-state index in [1.807, 2.05) is 24.3 Å². The highest BCUT2D eigenvalue weighted by atomic mass is 16.2. The number of piperazine rings is 1. The maximum Gasteiger partial charge on any atom is 0.354 e.